The number of carbonyl (C=O) groups excluding carboxylic acids is 2. The summed E-state index contributed by atoms with van der Waals surface area (Å²) in [6, 6.07) is 15.3. The first-order valence-electron chi connectivity index (χ1n) is 12.0. The minimum absolute atomic E-state index is 0.00863. The number of nitrogens with zero attached hydrogens (tertiary/aromatic N) is 3. The molecule has 0 bridgehead atoms. The van der Waals surface area contributed by atoms with Gasteiger partial charge >= 0.3 is 0 Å². The van der Waals surface area contributed by atoms with Gasteiger partial charge in [-0.25, -0.2) is 4.98 Å². The average molecular weight is 477 g/mol. The summed E-state index contributed by atoms with van der Waals surface area (Å²) in [5, 5.41) is 2.92. The summed E-state index contributed by atoms with van der Waals surface area (Å²) >= 11 is 0. The number of methoxy groups -OCH3 is 2. The van der Waals surface area contributed by atoms with E-state index >= 15 is 0 Å². The van der Waals surface area contributed by atoms with Crippen LogP contribution < -0.4 is 14.8 Å². The van der Waals surface area contributed by atoms with E-state index in [4.69, 9.17) is 14.5 Å². The van der Waals surface area contributed by atoms with Crippen LogP contribution in [0.2, 0.25) is 0 Å². The number of rotatable bonds is 9. The number of aromatic nitrogens is 2. The van der Waals surface area contributed by atoms with E-state index in [2.05, 4.69) is 5.32 Å². The van der Waals surface area contributed by atoms with E-state index in [1.165, 1.54) is 0 Å². The molecule has 2 amide bonds. The number of imidazole rings is 1. The average Bonchev–Trinajstić information content (AvgIpc) is 3.58. The van der Waals surface area contributed by atoms with Crippen LogP contribution in [-0.4, -0.2) is 53.6 Å². The molecule has 3 aromatic rings. The monoisotopic (exact) mass is 476 g/mol. The molecule has 8 heteroatoms. The van der Waals surface area contributed by atoms with Crippen molar-refractivity contribution in [1.82, 2.24) is 14.5 Å². The Labute approximate surface area is 205 Å². The SMILES string of the molecule is CCN(CC(=O)Nc1nc(-c2ccccc2)cn1-c1ccc(OC)c(OC)c1)C(=O)C1CCCC1. The molecule has 1 fully saturated rings. The molecule has 1 aliphatic rings. The molecule has 184 valence electrons. The van der Waals surface area contributed by atoms with Gasteiger partial charge in [-0.05, 0) is 31.9 Å². The molecular formula is C27H32N4O4. The van der Waals surface area contributed by atoms with Crippen molar-refractivity contribution in [3.05, 3.63) is 54.7 Å². The molecule has 2 aromatic carbocycles. The predicted molar refractivity (Wildman–Crippen MR) is 135 cm³/mol. The Morgan fingerprint density at radius 1 is 1.06 bits per heavy atom. The first kappa shape index (κ1) is 24.3. The summed E-state index contributed by atoms with van der Waals surface area (Å²) in [6.07, 6.45) is 5.83. The van der Waals surface area contributed by atoms with Crippen molar-refractivity contribution >= 4 is 17.8 Å². The number of hydrogen-bond donors (Lipinski definition) is 1. The highest BCUT2D eigenvalue weighted by Gasteiger charge is 2.28. The Kier molecular flexibility index (Phi) is 7.70. The second-order valence-corrected chi connectivity index (χ2v) is 8.61. The number of hydrogen-bond acceptors (Lipinski definition) is 5. The lowest BCUT2D eigenvalue weighted by Crippen LogP contribution is -2.40. The van der Waals surface area contributed by atoms with Gasteiger partial charge in [0, 0.05) is 30.3 Å². The summed E-state index contributed by atoms with van der Waals surface area (Å²) < 4.78 is 12.6. The van der Waals surface area contributed by atoms with Crippen molar-refractivity contribution in [2.75, 3.05) is 32.6 Å². The Hall–Kier alpha value is -3.81. The Bertz CT molecular complexity index is 1170. The van der Waals surface area contributed by atoms with Crippen LogP contribution in [0.3, 0.4) is 0 Å². The molecule has 1 N–H and O–H groups in total. The Morgan fingerprint density at radius 3 is 2.43 bits per heavy atom. The fourth-order valence-corrected chi connectivity index (χ4v) is 4.50. The molecule has 0 aliphatic heterocycles. The summed E-state index contributed by atoms with van der Waals surface area (Å²) in [7, 11) is 3.16. The van der Waals surface area contributed by atoms with E-state index < -0.39 is 0 Å². The van der Waals surface area contributed by atoms with Crippen LogP contribution in [0.15, 0.2) is 54.7 Å². The van der Waals surface area contributed by atoms with Crippen molar-refractivity contribution in [3.63, 3.8) is 0 Å². The van der Waals surface area contributed by atoms with E-state index in [1.54, 1.807) is 29.8 Å². The second kappa shape index (κ2) is 11.1. The smallest absolute Gasteiger partial charge is 0.246 e. The standard InChI is InChI=1S/C27H32N4O4/c1-4-30(26(33)20-12-8-9-13-20)18-25(32)29-27-28-22(19-10-6-5-7-11-19)17-31(27)21-14-15-23(34-2)24(16-21)35-3/h5-7,10-11,14-17,20H,4,8-9,12-13,18H2,1-3H3,(H,28,29,32). The van der Waals surface area contributed by atoms with E-state index in [1.807, 2.05) is 55.6 Å². The fraction of sp³-hybridized carbons (Fsp3) is 0.370. The zero-order chi connectivity index (χ0) is 24.8. The quantitative estimate of drug-likeness (QED) is 0.490. The van der Waals surface area contributed by atoms with Crippen LogP contribution in [0.25, 0.3) is 16.9 Å². The minimum atomic E-state index is -0.287. The lowest BCUT2D eigenvalue weighted by Gasteiger charge is -2.23. The Morgan fingerprint density at radius 2 is 1.77 bits per heavy atom. The van der Waals surface area contributed by atoms with Crippen LogP contribution >= 0.6 is 0 Å². The molecule has 0 saturated heterocycles. The lowest BCUT2D eigenvalue weighted by molar-refractivity contribution is -0.138. The van der Waals surface area contributed by atoms with Crippen molar-refractivity contribution in [3.8, 4) is 28.4 Å². The third-order valence-corrected chi connectivity index (χ3v) is 6.40. The van der Waals surface area contributed by atoms with E-state index in [-0.39, 0.29) is 24.3 Å². The van der Waals surface area contributed by atoms with Gasteiger partial charge < -0.3 is 14.4 Å². The number of ether oxygens (including phenoxy) is 2. The topological polar surface area (TPSA) is 85.7 Å². The molecule has 1 saturated carbocycles. The van der Waals surface area contributed by atoms with Crippen LogP contribution in [0, 0.1) is 5.92 Å². The minimum Gasteiger partial charge on any atom is -0.493 e. The van der Waals surface area contributed by atoms with Crippen molar-refractivity contribution in [1.29, 1.82) is 0 Å². The molecule has 35 heavy (non-hydrogen) atoms. The molecule has 1 aliphatic carbocycles. The summed E-state index contributed by atoms with van der Waals surface area (Å²) in [4.78, 5) is 32.3. The lowest BCUT2D eigenvalue weighted by atomic mass is 10.1. The zero-order valence-corrected chi connectivity index (χ0v) is 20.5. The van der Waals surface area contributed by atoms with Crippen LogP contribution in [0.5, 0.6) is 11.5 Å². The molecule has 1 aromatic heterocycles. The molecule has 8 nitrogen and oxygen atoms in total. The first-order valence-corrected chi connectivity index (χ1v) is 12.0. The molecule has 4 rings (SSSR count). The Balaban J connectivity index is 1.62. The van der Waals surface area contributed by atoms with E-state index in [0.29, 0.717) is 29.7 Å². The van der Waals surface area contributed by atoms with Gasteiger partial charge in [-0.15, -0.1) is 0 Å². The molecule has 0 atom stereocenters. The third-order valence-electron chi connectivity index (χ3n) is 6.40. The van der Waals surface area contributed by atoms with Crippen LogP contribution in [0.1, 0.15) is 32.6 Å². The maximum atomic E-state index is 13.1. The number of benzene rings is 2. The first-order chi connectivity index (χ1) is 17.0. The molecule has 0 unspecified atom stereocenters. The highest BCUT2D eigenvalue weighted by molar-refractivity contribution is 5.94. The van der Waals surface area contributed by atoms with Crippen LogP contribution in [0.4, 0.5) is 5.95 Å². The summed E-state index contributed by atoms with van der Waals surface area (Å²) in [5.74, 6) is 1.34. The number of nitrogens with one attached hydrogen (secondary N) is 1. The summed E-state index contributed by atoms with van der Waals surface area (Å²) in [6.45, 7) is 2.38. The largest absolute Gasteiger partial charge is 0.493 e. The fourth-order valence-electron chi connectivity index (χ4n) is 4.50. The van der Waals surface area contributed by atoms with Gasteiger partial charge in [-0.2, -0.15) is 0 Å². The van der Waals surface area contributed by atoms with E-state index in [0.717, 1.165) is 36.9 Å². The third kappa shape index (κ3) is 5.48. The summed E-state index contributed by atoms with van der Waals surface area (Å²) in [5.41, 5.74) is 2.39. The number of anilines is 1. The zero-order valence-electron chi connectivity index (χ0n) is 20.5. The normalized spacial score (nSPS) is 13.5. The molecular weight excluding hydrogens is 444 g/mol. The van der Waals surface area contributed by atoms with Crippen LogP contribution in [-0.2, 0) is 9.59 Å². The highest BCUT2D eigenvalue weighted by Crippen LogP contribution is 2.32. The number of carbonyl (C=O) groups is 2. The van der Waals surface area contributed by atoms with E-state index in [9.17, 15) is 9.59 Å². The van der Waals surface area contributed by atoms with Crippen molar-refractivity contribution in [2.24, 2.45) is 5.92 Å². The predicted octanol–water partition coefficient (Wildman–Crippen LogP) is 4.53. The van der Waals surface area contributed by atoms with Crippen molar-refractivity contribution < 1.29 is 19.1 Å². The molecule has 1 heterocycles. The maximum Gasteiger partial charge on any atom is 0.246 e. The van der Waals surface area contributed by atoms with Gasteiger partial charge in [0.25, 0.3) is 0 Å². The van der Waals surface area contributed by atoms with Crippen molar-refractivity contribution in [2.45, 2.75) is 32.6 Å². The maximum absolute atomic E-state index is 13.1. The van der Waals surface area contributed by atoms with Gasteiger partial charge in [0.05, 0.1) is 32.1 Å². The van der Waals surface area contributed by atoms with Gasteiger partial charge in [-0.3, -0.25) is 19.5 Å². The highest BCUT2D eigenvalue weighted by atomic mass is 16.5. The number of likely N-dealkylation sites (N-methyl/N-ethyl adjacent to an activating group) is 1. The van der Waals surface area contributed by atoms with Gasteiger partial charge in [-0.1, -0.05) is 43.2 Å². The van der Waals surface area contributed by atoms with Gasteiger partial charge in [0.2, 0.25) is 17.8 Å². The number of amides is 2. The van der Waals surface area contributed by atoms with Gasteiger partial charge in [0.1, 0.15) is 0 Å². The van der Waals surface area contributed by atoms with Gasteiger partial charge in [0.15, 0.2) is 11.5 Å². The second-order valence-electron chi connectivity index (χ2n) is 8.61. The molecule has 0 spiro atoms. The molecule has 0 radical (unpaired) electrons.